The Kier molecular flexibility index (Phi) is 8.33. The van der Waals surface area contributed by atoms with Gasteiger partial charge in [-0.25, -0.2) is 0 Å². The molecule has 0 aliphatic heterocycles. The number of hydrogen-bond donors (Lipinski definition) is 0. The molecule has 0 unspecified atom stereocenters. The van der Waals surface area contributed by atoms with Gasteiger partial charge >= 0.3 is 11.9 Å². The molecule has 22 heavy (non-hydrogen) atoms. The molecule has 1 aromatic heterocycles. The number of rotatable bonds is 10. The Balaban J connectivity index is 2.55. The van der Waals surface area contributed by atoms with Gasteiger partial charge in [0.1, 0.15) is 12.0 Å². The molecule has 0 aliphatic carbocycles. The molecule has 0 N–H and O–H groups in total. The van der Waals surface area contributed by atoms with Crippen molar-refractivity contribution < 1.29 is 23.5 Å². The fourth-order valence-corrected chi connectivity index (χ4v) is 1.99. The van der Waals surface area contributed by atoms with Crippen LogP contribution in [0.3, 0.4) is 0 Å². The van der Waals surface area contributed by atoms with Gasteiger partial charge in [-0.2, -0.15) is 0 Å². The molecule has 0 atom stereocenters. The first kappa shape index (κ1) is 18.3. The summed E-state index contributed by atoms with van der Waals surface area (Å²) in [5, 5.41) is 0. The van der Waals surface area contributed by atoms with Crippen LogP contribution in [0.5, 0.6) is 11.5 Å². The predicted molar refractivity (Wildman–Crippen MR) is 83.0 cm³/mol. The number of hydrogen-bond acceptors (Lipinski definition) is 5. The highest BCUT2D eigenvalue weighted by molar-refractivity contribution is 5.76. The zero-order chi connectivity index (χ0) is 16.4. The van der Waals surface area contributed by atoms with Crippen LogP contribution in [0.4, 0.5) is 0 Å². The first-order valence-electron chi connectivity index (χ1n) is 8.07. The highest BCUT2D eigenvalue weighted by Gasteiger charge is 2.19. The lowest BCUT2D eigenvalue weighted by Crippen LogP contribution is -2.11. The van der Waals surface area contributed by atoms with E-state index in [2.05, 4.69) is 13.8 Å². The number of ether oxygens (including phenoxy) is 2. The monoisotopic (exact) mass is 310 g/mol. The molecule has 1 heterocycles. The molecule has 0 aromatic carbocycles. The Morgan fingerprint density at radius 3 is 2.05 bits per heavy atom. The van der Waals surface area contributed by atoms with Gasteiger partial charge in [-0.3, -0.25) is 9.59 Å². The Morgan fingerprint density at radius 1 is 0.955 bits per heavy atom. The number of carbonyl (C=O) groups is 2. The molecule has 1 aromatic rings. The van der Waals surface area contributed by atoms with Gasteiger partial charge < -0.3 is 13.9 Å². The molecule has 124 valence electrons. The summed E-state index contributed by atoms with van der Waals surface area (Å²) in [6.07, 6.45) is 7.64. The number of unbranched alkanes of at least 4 members (excludes halogenated alkanes) is 4. The second-order valence-electron chi connectivity index (χ2n) is 5.35. The van der Waals surface area contributed by atoms with Crippen molar-refractivity contribution >= 4 is 11.9 Å². The summed E-state index contributed by atoms with van der Waals surface area (Å²) in [6, 6.07) is 0. The van der Waals surface area contributed by atoms with Crippen LogP contribution in [0.1, 0.15) is 71.0 Å². The average molecular weight is 310 g/mol. The van der Waals surface area contributed by atoms with Crippen LogP contribution >= 0.6 is 0 Å². The number of carbonyl (C=O) groups excluding carboxylic acids is 2. The van der Waals surface area contributed by atoms with Crippen molar-refractivity contribution in [2.24, 2.45) is 0 Å². The van der Waals surface area contributed by atoms with Crippen LogP contribution in [-0.4, -0.2) is 11.9 Å². The molecule has 0 spiro atoms. The van der Waals surface area contributed by atoms with Gasteiger partial charge in [-0.15, -0.1) is 0 Å². The lowest BCUT2D eigenvalue weighted by Gasteiger charge is -2.06. The Morgan fingerprint density at radius 2 is 1.50 bits per heavy atom. The average Bonchev–Trinajstić information content (AvgIpc) is 2.81. The molecule has 0 radical (unpaired) electrons. The second kappa shape index (κ2) is 10.0. The predicted octanol–water partition coefficient (Wildman–Crippen LogP) is 4.56. The molecular weight excluding hydrogens is 284 g/mol. The van der Waals surface area contributed by atoms with Gasteiger partial charge in [0, 0.05) is 12.8 Å². The minimum absolute atomic E-state index is 0.183. The standard InChI is InChI=1S/C17H26O5/c1-4-6-8-10-15(18)21-14-12-20-13(3)17(14)22-16(19)11-9-7-5-2/h12H,4-11H2,1-3H3. The van der Waals surface area contributed by atoms with E-state index < -0.39 is 0 Å². The van der Waals surface area contributed by atoms with Crippen LogP contribution < -0.4 is 9.47 Å². The van der Waals surface area contributed by atoms with Gasteiger partial charge in [0.05, 0.1) is 0 Å². The van der Waals surface area contributed by atoms with Gasteiger partial charge in [-0.05, 0) is 19.8 Å². The summed E-state index contributed by atoms with van der Waals surface area (Å²) in [5.74, 6) is 0.159. The molecular formula is C17H26O5. The third kappa shape index (κ3) is 6.33. The lowest BCUT2D eigenvalue weighted by molar-refractivity contribution is -0.137. The molecule has 1 rings (SSSR count). The quantitative estimate of drug-likeness (QED) is 0.468. The van der Waals surface area contributed by atoms with Crippen molar-refractivity contribution in [1.82, 2.24) is 0 Å². The molecule has 0 aliphatic rings. The van der Waals surface area contributed by atoms with E-state index >= 15 is 0 Å². The zero-order valence-corrected chi connectivity index (χ0v) is 13.8. The second-order valence-corrected chi connectivity index (χ2v) is 5.35. The SMILES string of the molecule is CCCCCC(=O)Oc1coc(C)c1OC(=O)CCCCC. The summed E-state index contributed by atoms with van der Waals surface area (Å²) in [6.45, 7) is 5.81. The summed E-state index contributed by atoms with van der Waals surface area (Å²) >= 11 is 0. The topological polar surface area (TPSA) is 65.7 Å². The lowest BCUT2D eigenvalue weighted by atomic mass is 10.2. The summed E-state index contributed by atoms with van der Waals surface area (Å²) in [7, 11) is 0. The molecule has 0 saturated heterocycles. The van der Waals surface area contributed by atoms with Crippen molar-refractivity contribution in [2.45, 2.75) is 72.1 Å². The maximum Gasteiger partial charge on any atom is 0.311 e. The number of furan rings is 1. The highest BCUT2D eigenvalue weighted by Crippen LogP contribution is 2.33. The van der Waals surface area contributed by atoms with Crippen molar-refractivity contribution in [3.8, 4) is 11.5 Å². The first-order valence-corrected chi connectivity index (χ1v) is 8.07. The highest BCUT2D eigenvalue weighted by atomic mass is 16.6. The molecule has 5 nitrogen and oxygen atoms in total. The van der Waals surface area contributed by atoms with E-state index in [1.54, 1.807) is 6.92 Å². The zero-order valence-electron chi connectivity index (χ0n) is 13.8. The van der Waals surface area contributed by atoms with Crippen molar-refractivity contribution in [1.29, 1.82) is 0 Å². The fourth-order valence-electron chi connectivity index (χ4n) is 1.99. The van der Waals surface area contributed by atoms with E-state index in [9.17, 15) is 9.59 Å². The Bertz CT molecular complexity index is 475. The maximum atomic E-state index is 11.8. The minimum atomic E-state index is -0.336. The van der Waals surface area contributed by atoms with Crippen LogP contribution in [0, 0.1) is 6.92 Å². The molecule has 0 bridgehead atoms. The number of aryl methyl sites for hydroxylation is 1. The summed E-state index contributed by atoms with van der Waals surface area (Å²) in [4.78, 5) is 23.5. The molecule has 0 amide bonds. The van der Waals surface area contributed by atoms with E-state index in [0.717, 1.165) is 38.5 Å². The Labute approximate surface area is 132 Å². The number of esters is 2. The largest absolute Gasteiger partial charge is 0.462 e. The molecule has 5 heteroatoms. The third-order valence-corrected chi connectivity index (χ3v) is 3.29. The summed E-state index contributed by atoms with van der Waals surface area (Å²) < 4.78 is 15.7. The normalized spacial score (nSPS) is 10.5. The van der Waals surface area contributed by atoms with Crippen LogP contribution in [0.15, 0.2) is 10.7 Å². The van der Waals surface area contributed by atoms with Gasteiger partial charge in [0.25, 0.3) is 0 Å². The van der Waals surface area contributed by atoms with Crippen LogP contribution in [0.25, 0.3) is 0 Å². The van der Waals surface area contributed by atoms with E-state index in [-0.39, 0.29) is 23.4 Å². The van der Waals surface area contributed by atoms with E-state index in [1.165, 1.54) is 6.26 Å². The minimum Gasteiger partial charge on any atom is -0.462 e. The van der Waals surface area contributed by atoms with E-state index in [4.69, 9.17) is 13.9 Å². The van der Waals surface area contributed by atoms with Crippen molar-refractivity contribution in [2.75, 3.05) is 0 Å². The van der Waals surface area contributed by atoms with E-state index in [0.29, 0.717) is 18.6 Å². The van der Waals surface area contributed by atoms with Crippen molar-refractivity contribution in [3.63, 3.8) is 0 Å². The van der Waals surface area contributed by atoms with Crippen LogP contribution in [-0.2, 0) is 9.59 Å². The van der Waals surface area contributed by atoms with E-state index in [1.807, 2.05) is 0 Å². The third-order valence-electron chi connectivity index (χ3n) is 3.29. The Hall–Kier alpha value is -1.78. The summed E-state index contributed by atoms with van der Waals surface area (Å²) in [5.41, 5.74) is 0. The van der Waals surface area contributed by atoms with Crippen molar-refractivity contribution in [3.05, 3.63) is 12.0 Å². The molecule has 0 fully saturated rings. The molecule has 0 saturated carbocycles. The van der Waals surface area contributed by atoms with Gasteiger partial charge in [0.2, 0.25) is 11.5 Å². The van der Waals surface area contributed by atoms with Crippen LogP contribution in [0.2, 0.25) is 0 Å². The van der Waals surface area contributed by atoms with Gasteiger partial charge in [0.15, 0.2) is 0 Å². The van der Waals surface area contributed by atoms with Gasteiger partial charge in [-0.1, -0.05) is 39.5 Å². The fraction of sp³-hybridized carbons (Fsp3) is 0.647. The maximum absolute atomic E-state index is 11.8. The first-order chi connectivity index (χ1) is 10.6. The smallest absolute Gasteiger partial charge is 0.311 e.